The lowest BCUT2D eigenvalue weighted by Gasteiger charge is -2.26. The van der Waals surface area contributed by atoms with E-state index in [2.05, 4.69) is 15.6 Å². The Balaban J connectivity index is 1.92. The highest BCUT2D eigenvalue weighted by atomic mass is 16.2. The van der Waals surface area contributed by atoms with Crippen LogP contribution in [0.15, 0.2) is 63.0 Å². The molecular weight excluding hydrogens is 318 g/mol. The molecule has 0 saturated carbocycles. The van der Waals surface area contributed by atoms with Gasteiger partial charge in [0.2, 0.25) is 0 Å². The number of aromatic amines is 1. The maximum atomic E-state index is 12.0. The Morgan fingerprint density at radius 2 is 1.56 bits per heavy atom. The molecule has 1 unspecified atom stereocenters. The van der Waals surface area contributed by atoms with Gasteiger partial charge < -0.3 is 15.6 Å². The molecule has 0 spiro atoms. The Bertz CT molecular complexity index is 999. The number of aromatic nitrogens is 1. The van der Waals surface area contributed by atoms with Gasteiger partial charge in [-0.25, -0.2) is 0 Å². The minimum Gasteiger partial charge on any atom is -0.373 e. The average Bonchev–Trinajstić information content (AvgIpc) is 2.62. The van der Waals surface area contributed by atoms with Crippen LogP contribution in [-0.4, -0.2) is 4.98 Å². The topological polar surface area (TPSA) is 91.1 Å². The lowest BCUT2D eigenvalue weighted by Crippen LogP contribution is -2.38. The summed E-state index contributed by atoms with van der Waals surface area (Å²) in [5.41, 5.74) is 0.0364. The molecule has 0 bridgehead atoms. The first kappa shape index (κ1) is 16.7. The lowest BCUT2D eigenvalue weighted by atomic mass is 9.95. The zero-order chi connectivity index (χ0) is 18.0. The normalized spacial score (nSPS) is 12.3. The van der Waals surface area contributed by atoms with Crippen molar-refractivity contribution in [1.29, 1.82) is 0 Å². The molecule has 6 nitrogen and oxygen atoms in total. The van der Waals surface area contributed by atoms with E-state index in [1.807, 2.05) is 44.2 Å². The number of hydrogen-bond donors (Lipinski definition) is 3. The number of rotatable bonds is 6. The summed E-state index contributed by atoms with van der Waals surface area (Å²) < 4.78 is 0. The minimum absolute atomic E-state index is 0.126. The zero-order valence-corrected chi connectivity index (χ0v) is 14.0. The zero-order valence-electron chi connectivity index (χ0n) is 14.0. The van der Waals surface area contributed by atoms with Crippen LogP contribution in [0.4, 0.5) is 17.1 Å². The van der Waals surface area contributed by atoms with E-state index in [0.717, 1.165) is 5.56 Å². The van der Waals surface area contributed by atoms with Gasteiger partial charge in [0.05, 0.1) is 6.04 Å². The van der Waals surface area contributed by atoms with Crippen LogP contribution in [-0.2, 0) is 0 Å². The summed E-state index contributed by atoms with van der Waals surface area (Å²) in [6.07, 6.45) is 1.50. The third-order valence-electron chi connectivity index (χ3n) is 4.11. The molecule has 2 aromatic carbocycles. The van der Waals surface area contributed by atoms with E-state index in [-0.39, 0.29) is 34.6 Å². The Morgan fingerprint density at radius 1 is 0.880 bits per heavy atom. The molecule has 3 rings (SSSR count). The third kappa shape index (κ3) is 3.24. The summed E-state index contributed by atoms with van der Waals surface area (Å²) in [4.78, 5) is 38.3. The summed E-state index contributed by atoms with van der Waals surface area (Å²) in [5.74, 6) is 0.194. The van der Waals surface area contributed by atoms with Gasteiger partial charge in [0.15, 0.2) is 0 Å². The molecule has 1 heterocycles. The van der Waals surface area contributed by atoms with Crippen molar-refractivity contribution < 1.29 is 0 Å². The predicted molar refractivity (Wildman–Crippen MR) is 99.3 cm³/mol. The van der Waals surface area contributed by atoms with Crippen molar-refractivity contribution in [2.24, 2.45) is 5.92 Å². The van der Waals surface area contributed by atoms with Gasteiger partial charge in [-0.15, -0.1) is 0 Å². The van der Waals surface area contributed by atoms with Crippen LogP contribution in [0.2, 0.25) is 0 Å². The van der Waals surface area contributed by atoms with Crippen LogP contribution < -0.4 is 27.1 Å². The van der Waals surface area contributed by atoms with Gasteiger partial charge in [0.25, 0.3) is 16.4 Å². The van der Waals surface area contributed by atoms with Gasteiger partial charge >= 0.3 is 0 Å². The standard InChI is InChI=1S/C19H19N3O3/c1-11(2)14(12-7-4-3-5-8-12)22-16-15(17(23)18(16)24)21-13-9-6-10-20-19(13)25/h3-11,14,21-22H,1-2H3,(H,20,25). The van der Waals surface area contributed by atoms with Crippen LogP contribution in [0.3, 0.4) is 0 Å². The highest BCUT2D eigenvalue weighted by Gasteiger charge is 2.26. The predicted octanol–water partition coefficient (Wildman–Crippen LogP) is 2.52. The number of anilines is 3. The number of H-pyrrole nitrogens is 1. The number of pyridine rings is 1. The Hall–Kier alpha value is -3.15. The van der Waals surface area contributed by atoms with E-state index in [1.165, 1.54) is 6.20 Å². The van der Waals surface area contributed by atoms with Crippen LogP contribution in [0, 0.1) is 5.92 Å². The van der Waals surface area contributed by atoms with E-state index in [4.69, 9.17) is 0 Å². The lowest BCUT2D eigenvalue weighted by molar-refractivity contribution is 0.546. The molecule has 0 aliphatic carbocycles. The quantitative estimate of drug-likeness (QED) is 0.601. The van der Waals surface area contributed by atoms with E-state index in [9.17, 15) is 14.4 Å². The molecule has 6 heteroatoms. The Morgan fingerprint density at radius 3 is 2.20 bits per heavy atom. The van der Waals surface area contributed by atoms with Crippen molar-refractivity contribution in [2.75, 3.05) is 10.6 Å². The number of hydrogen-bond acceptors (Lipinski definition) is 5. The third-order valence-corrected chi connectivity index (χ3v) is 4.11. The highest BCUT2D eigenvalue weighted by molar-refractivity contribution is 5.78. The summed E-state index contributed by atoms with van der Waals surface area (Å²) in [6, 6.07) is 12.8. The maximum Gasteiger partial charge on any atom is 0.271 e. The molecule has 0 fully saturated rings. The summed E-state index contributed by atoms with van der Waals surface area (Å²) in [7, 11) is 0. The maximum absolute atomic E-state index is 12.0. The summed E-state index contributed by atoms with van der Waals surface area (Å²) in [5, 5.41) is 5.95. The van der Waals surface area contributed by atoms with Crippen molar-refractivity contribution in [3.05, 3.63) is 85.0 Å². The molecular formula is C19H19N3O3. The number of nitrogens with one attached hydrogen (secondary N) is 3. The second kappa shape index (κ2) is 6.76. The second-order valence-corrected chi connectivity index (χ2v) is 6.22. The first-order valence-electron chi connectivity index (χ1n) is 8.08. The van der Waals surface area contributed by atoms with Gasteiger partial charge in [0.1, 0.15) is 17.1 Å². The fraction of sp³-hybridized carbons (Fsp3) is 0.211. The molecule has 0 amide bonds. The molecule has 0 saturated heterocycles. The molecule has 25 heavy (non-hydrogen) atoms. The van der Waals surface area contributed by atoms with E-state index in [1.54, 1.807) is 12.1 Å². The molecule has 128 valence electrons. The SMILES string of the molecule is CC(C)C(Nc1c(Nc2ccc[nH]c2=O)c(=O)c1=O)c1ccccc1. The van der Waals surface area contributed by atoms with E-state index in [0.29, 0.717) is 0 Å². The molecule has 0 radical (unpaired) electrons. The van der Waals surface area contributed by atoms with Crippen molar-refractivity contribution >= 4 is 17.1 Å². The summed E-state index contributed by atoms with van der Waals surface area (Å²) in [6.45, 7) is 4.07. The van der Waals surface area contributed by atoms with Crippen molar-refractivity contribution in [1.82, 2.24) is 4.98 Å². The monoisotopic (exact) mass is 337 g/mol. The fourth-order valence-electron chi connectivity index (χ4n) is 2.75. The second-order valence-electron chi connectivity index (χ2n) is 6.22. The van der Waals surface area contributed by atoms with Crippen LogP contribution >= 0.6 is 0 Å². The molecule has 3 N–H and O–H groups in total. The van der Waals surface area contributed by atoms with Gasteiger partial charge in [-0.2, -0.15) is 0 Å². The molecule has 1 aromatic heterocycles. The summed E-state index contributed by atoms with van der Waals surface area (Å²) >= 11 is 0. The minimum atomic E-state index is -0.624. The fourth-order valence-corrected chi connectivity index (χ4v) is 2.75. The molecule has 0 aliphatic rings. The average molecular weight is 337 g/mol. The van der Waals surface area contributed by atoms with Crippen LogP contribution in [0.5, 0.6) is 0 Å². The van der Waals surface area contributed by atoms with Crippen molar-refractivity contribution in [3.63, 3.8) is 0 Å². The van der Waals surface area contributed by atoms with Crippen LogP contribution in [0.1, 0.15) is 25.5 Å². The van der Waals surface area contributed by atoms with Crippen molar-refractivity contribution in [3.8, 4) is 0 Å². The van der Waals surface area contributed by atoms with Gasteiger partial charge in [0, 0.05) is 6.20 Å². The van der Waals surface area contributed by atoms with E-state index < -0.39 is 10.9 Å². The smallest absolute Gasteiger partial charge is 0.271 e. The Kier molecular flexibility index (Phi) is 4.52. The Labute approximate surface area is 144 Å². The molecule has 0 aliphatic heterocycles. The molecule has 3 aromatic rings. The largest absolute Gasteiger partial charge is 0.373 e. The molecule has 1 atom stereocenters. The van der Waals surface area contributed by atoms with E-state index >= 15 is 0 Å². The van der Waals surface area contributed by atoms with Gasteiger partial charge in [-0.05, 0) is 23.6 Å². The van der Waals surface area contributed by atoms with Crippen molar-refractivity contribution in [2.45, 2.75) is 19.9 Å². The van der Waals surface area contributed by atoms with Crippen LogP contribution in [0.25, 0.3) is 0 Å². The first-order valence-corrected chi connectivity index (χ1v) is 8.08. The van der Waals surface area contributed by atoms with Gasteiger partial charge in [-0.1, -0.05) is 44.2 Å². The number of benzene rings is 1. The highest BCUT2D eigenvalue weighted by Crippen LogP contribution is 2.28. The van der Waals surface area contributed by atoms with Gasteiger partial charge in [-0.3, -0.25) is 14.4 Å². The first-order chi connectivity index (χ1) is 12.0.